The first-order chi connectivity index (χ1) is 16.7. The molecule has 0 spiro atoms. The summed E-state index contributed by atoms with van der Waals surface area (Å²) in [6.07, 6.45) is 1.62. The molecular formula is C27H23N3O4. The van der Waals surface area contributed by atoms with Crippen LogP contribution in [-0.2, 0) is 13.2 Å². The third-order valence-electron chi connectivity index (χ3n) is 4.91. The normalized spacial score (nSPS) is 10.7. The summed E-state index contributed by atoms with van der Waals surface area (Å²) in [6.45, 7) is 0.819. The zero-order valence-electron chi connectivity index (χ0n) is 18.3. The molecule has 0 aliphatic carbocycles. The van der Waals surface area contributed by atoms with Crippen molar-refractivity contribution < 1.29 is 14.4 Å². The maximum atomic E-state index is 10.9. The lowest BCUT2D eigenvalue weighted by molar-refractivity contribution is -0.384. The molecule has 0 bridgehead atoms. The first-order valence-corrected chi connectivity index (χ1v) is 10.7. The van der Waals surface area contributed by atoms with Crippen LogP contribution in [0.3, 0.4) is 0 Å². The molecule has 1 N–H and O–H groups in total. The minimum absolute atomic E-state index is 0.00304. The summed E-state index contributed by atoms with van der Waals surface area (Å²) in [7, 11) is 0. The van der Waals surface area contributed by atoms with Gasteiger partial charge in [0.25, 0.3) is 5.69 Å². The lowest BCUT2D eigenvalue weighted by atomic mass is 10.2. The van der Waals surface area contributed by atoms with Gasteiger partial charge in [0.15, 0.2) is 11.5 Å². The van der Waals surface area contributed by atoms with Crippen LogP contribution in [0, 0.1) is 10.1 Å². The van der Waals surface area contributed by atoms with Gasteiger partial charge in [0, 0.05) is 12.1 Å². The van der Waals surface area contributed by atoms with Gasteiger partial charge in [-0.2, -0.15) is 5.10 Å². The van der Waals surface area contributed by atoms with Gasteiger partial charge in [0.1, 0.15) is 13.2 Å². The van der Waals surface area contributed by atoms with Gasteiger partial charge in [-0.25, -0.2) is 0 Å². The monoisotopic (exact) mass is 453 g/mol. The predicted molar refractivity (Wildman–Crippen MR) is 132 cm³/mol. The minimum Gasteiger partial charge on any atom is -0.485 e. The Bertz CT molecular complexity index is 1260. The molecule has 4 rings (SSSR count). The fraction of sp³-hybridized carbons (Fsp3) is 0.0741. The number of nitro groups is 1. The van der Waals surface area contributed by atoms with Crippen molar-refractivity contribution in [3.8, 4) is 11.5 Å². The van der Waals surface area contributed by atoms with Gasteiger partial charge < -0.3 is 9.47 Å². The van der Waals surface area contributed by atoms with Gasteiger partial charge in [-0.1, -0.05) is 66.7 Å². The molecule has 0 amide bonds. The van der Waals surface area contributed by atoms with Gasteiger partial charge >= 0.3 is 0 Å². The van der Waals surface area contributed by atoms with Crippen LogP contribution < -0.4 is 14.9 Å². The van der Waals surface area contributed by atoms with Crippen molar-refractivity contribution in [1.29, 1.82) is 0 Å². The predicted octanol–water partition coefficient (Wildman–Crippen LogP) is 6.20. The molecule has 0 heterocycles. The number of anilines is 1. The molecule has 0 atom stereocenters. The Balaban J connectivity index is 1.49. The lowest BCUT2D eigenvalue weighted by Crippen LogP contribution is -2.01. The molecule has 0 unspecified atom stereocenters. The zero-order chi connectivity index (χ0) is 23.6. The summed E-state index contributed by atoms with van der Waals surface area (Å²) >= 11 is 0. The minimum atomic E-state index is -0.445. The molecular weight excluding hydrogens is 430 g/mol. The number of hydrogen-bond donors (Lipinski definition) is 1. The summed E-state index contributed by atoms with van der Waals surface area (Å²) in [5, 5.41) is 15.1. The fourth-order valence-corrected chi connectivity index (χ4v) is 3.18. The second-order valence-electron chi connectivity index (χ2n) is 7.43. The Morgan fingerprint density at radius 2 is 1.41 bits per heavy atom. The number of nitro benzene ring substituents is 1. The van der Waals surface area contributed by atoms with E-state index in [0.29, 0.717) is 30.4 Å². The summed E-state index contributed by atoms with van der Waals surface area (Å²) in [5.74, 6) is 1.22. The van der Waals surface area contributed by atoms with Crippen molar-refractivity contribution in [3.05, 3.63) is 130 Å². The van der Waals surface area contributed by atoms with Gasteiger partial charge in [-0.15, -0.1) is 0 Å². The highest BCUT2D eigenvalue weighted by Crippen LogP contribution is 2.30. The maximum absolute atomic E-state index is 10.9. The van der Waals surface area contributed by atoms with Crippen LogP contribution in [0.5, 0.6) is 11.5 Å². The van der Waals surface area contributed by atoms with Crippen LogP contribution in [0.4, 0.5) is 11.4 Å². The summed E-state index contributed by atoms with van der Waals surface area (Å²) in [4.78, 5) is 10.5. The number of ether oxygens (including phenoxy) is 2. The summed E-state index contributed by atoms with van der Waals surface area (Å²) in [5.41, 5.74) is 6.23. The SMILES string of the molecule is O=[N+]([O-])c1cccc(N/N=C\c2ccc(OCc3ccccc3)c(OCc3ccccc3)c2)c1. The van der Waals surface area contributed by atoms with Crippen molar-refractivity contribution in [1.82, 2.24) is 0 Å². The first-order valence-electron chi connectivity index (χ1n) is 10.7. The van der Waals surface area contributed by atoms with E-state index in [1.807, 2.05) is 78.9 Å². The molecule has 34 heavy (non-hydrogen) atoms. The van der Waals surface area contributed by atoms with Gasteiger partial charge in [0.2, 0.25) is 0 Å². The van der Waals surface area contributed by atoms with Crippen molar-refractivity contribution in [2.24, 2.45) is 5.10 Å². The van der Waals surface area contributed by atoms with E-state index in [2.05, 4.69) is 10.5 Å². The van der Waals surface area contributed by atoms with E-state index in [-0.39, 0.29) is 5.69 Å². The van der Waals surface area contributed by atoms with Crippen LogP contribution >= 0.6 is 0 Å². The molecule has 0 saturated carbocycles. The number of benzene rings is 4. The molecule has 0 fully saturated rings. The molecule has 0 aliphatic rings. The molecule has 4 aromatic rings. The van der Waals surface area contributed by atoms with E-state index in [1.165, 1.54) is 12.1 Å². The highest BCUT2D eigenvalue weighted by molar-refractivity contribution is 5.81. The zero-order valence-corrected chi connectivity index (χ0v) is 18.3. The Morgan fingerprint density at radius 1 is 0.765 bits per heavy atom. The molecule has 170 valence electrons. The number of nitrogens with one attached hydrogen (secondary N) is 1. The second-order valence-corrected chi connectivity index (χ2v) is 7.43. The largest absolute Gasteiger partial charge is 0.485 e. The van der Waals surface area contributed by atoms with Crippen LogP contribution in [0.15, 0.2) is 108 Å². The summed E-state index contributed by atoms with van der Waals surface area (Å²) < 4.78 is 12.1. The smallest absolute Gasteiger partial charge is 0.271 e. The number of nitrogens with zero attached hydrogens (tertiary/aromatic N) is 2. The fourth-order valence-electron chi connectivity index (χ4n) is 3.18. The van der Waals surface area contributed by atoms with Gasteiger partial charge in [-0.05, 0) is 41.0 Å². The molecule has 0 radical (unpaired) electrons. The number of rotatable bonds is 10. The van der Waals surface area contributed by atoms with Crippen LogP contribution in [0.25, 0.3) is 0 Å². The van der Waals surface area contributed by atoms with Gasteiger partial charge in [-0.3, -0.25) is 15.5 Å². The van der Waals surface area contributed by atoms with E-state index in [9.17, 15) is 10.1 Å². The molecule has 0 aromatic heterocycles. The van der Waals surface area contributed by atoms with Crippen LogP contribution in [0.1, 0.15) is 16.7 Å². The molecule has 4 aromatic carbocycles. The molecule has 0 saturated heterocycles. The number of non-ortho nitro benzene ring substituents is 1. The maximum Gasteiger partial charge on any atom is 0.271 e. The molecule has 7 nitrogen and oxygen atoms in total. The highest BCUT2D eigenvalue weighted by Gasteiger charge is 2.08. The van der Waals surface area contributed by atoms with E-state index in [4.69, 9.17) is 9.47 Å². The van der Waals surface area contributed by atoms with Crippen molar-refractivity contribution in [2.75, 3.05) is 5.43 Å². The number of hydrazone groups is 1. The second kappa shape index (κ2) is 11.3. The topological polar surface area (TPSA) is 86.0 Å². The van der Waals surface area contributed by atoms with E-state index >= 15 is 0 Å². The van der Waals surface area contributed by atoms with E-state index in [1.54, 1.807) is 18.3 Å². The molecule has 0 aliphatic heterocycles. The quantitative estimate of drug-likeness (QED) is 0.176. The van der Waals surface area contributed by atoms with Crippen molar-refractivity contribution in [2.45, 2.75) is 13.2 Å². The standard InChI is InChI=1S/C27H23N3O4/c31-30(32)25-13-7-12-24(17-25)29-28-18-23-14-15-26(33-19-21-8-3-1-4-9-21)27(16-23)34-20-22-10-5-2-6-11-22/h1-18,29H,19-20H2/b28-18-. The Kier molecular flexibility index (Phi) is 7.48. The highest BCUT2D eigenvalue weighted by atomic mass is 16.6. The third-order valence-corrected chi connectivity index (χ3v) is 4.91. The Hall–Kier alpha value is -4.65. The Labute approximate surface area is 197 Å². The first kappa shape index (κ1) is 22.5. The average Bonchev–Trinajstić information content (AvgIpc) is 2.88. The van der Waals surface area contributed by atoms with E-state index in [0.717, 1.165) is 16.7 Å². The summed E-state index contributed by atoms with van der Waals surface area (Å²) in [6, 6.07) is 31.5. The Morgan fingerprint density at radius 3 is 2.06 bits per heavy atom. The van der Waals surface area contributed by atoms with Crippen LogP contribution in [-0.4, -0.2) is 11.1 Å². The van der Waals surface area contributed by atoms with E-state index < -0.39 is 4.92 Å². The lowest BCUT2D eigenvalue weighted by Gasteiger charge is -2.14. The number of hydrogen-bond acceptors (Lipinski definition) is 6. The molecule has 7 heteroatoms. The van der Waals surface area contributed by atoms with Crippen LogP contribution in [0.2, 0.25) is 0 Å². The van der Waals surface area contributed by atoms with Crippen molar-refractivity contribution in [3.63, 3.8) is 0 Å². The van der Waals surface area contributed by atoms with Gasteiger partial charge in [0.05, 0.1) is 16.8 Å². The average molecular weight is 453 g/mol. The third kappa shape index (κ3) is 6.43. The van der Waals surface area contributed by atoms with Crippen molar-refractivity contribution >= 4 is 17.6 Å².